The van der Waals surface area contributed by atoms with E-state index in [1.807, 2.05) is 48.5 Å². The molecule has 1 aliphatic rings. The standard InChI is InChI=1S/C20H15N3O2/c21-12-14-7-9-15(10-8-14)19-22-18-6-2-1-5-17(18)20(24)23(19)13-16-4-3-11-25-16/h1-11,19,22H,13H2. The smallest absolute Gasteiger partial charge is 0.258 e. The van der Waals surface area contributed by atoms with Crippen LogP contribution in [0.1, 0.15) is 33.4 Å². The summed E-state index contributed by atoms with van der Waals surface area (Å²) in [4.78, 5) is 14.8. The number of carbonyl (C=O) groups is 1. The average Bonchev–Trinajstić information content (AvgIpc) is 3.17. The third kappa shape index (κ3) is 2.74. The van der Waals surface area contributed by atoms with Crippen LogP contribution in [0.25, 0.3) is 0 Å². The van der Waals surface area contributed by atoms with Crippen molar-refractivity contribution < 1.29 is 9.21 Å². The molecule has 1 N–H and O–H groups in total. The summed E-state index contributed by atoms with van der Waals surface area (Å²) in [5, 5.41) is 12.4. The topological polar surface area (TPSA) is 69.3 Å². The first-order valence-electron chi connectivity index (χ1n) is 7.95. The fraction of sp³-hybridized carbons (Fsp3) is 0.100. The van der Waals surface area contributed by atoms with Crippen LogP contribution in [-0.4, -0.2) is 10.8 Å². The molecule has 0 aliphatic carbocycles. The van der Waals surface area contributed by atoms with Crippen molar-refractivity contribution in [2.24, 2.45) is 0 Å². The zero-order chi connectivity index (χ0) is 17.2. The van der Waals surface area contributed by atoms with Gasteiger partial charge in [-0.3, -0.25) is 4.79 Å². The molecule has 0 spiro atoms. The number of amides is 1. The van der Waals surface area contributed by atoms with E-state index in [2.05, 4.69) is 11.4 Å². The second-order valence-corrected chi connectivity index (χ2v) is 5.84. The molecule has 1 atom stereocenters. The van der Waals surface area contributed by atoms with Gasteiger partial charge in [-0.2, -0.15) is 5.26 Å². The predicted octanol–water partition coefficient (Wildman–Crippen LogP) is 3.92. The largest absolute Gasteiger partial charge is 0.467 e. The number of hydrogen-bond donors (Lipinski definition) is 1. The minimum Gasteiger partial charge on any atom is -0.467 e. The Hall–Kier alpha value is -3.52. The number of carbonyl (C=O) groups excluding carboxylic acids is 1. The monoisotopic (exact) mass is 329 g/mol. The van der Waals surface area contributed by atoms with E-state index in [9.17, 15) is 4.79 Å². The number of para-hydroxylation sites is 1. The Morgan fingerprint density at radius 2 is 1.88 bits per heavy atom. The van der Waals surface area contributed by atoms with Crippen molar-refractivity contribution in [3.63, 3.8) is 0 Å². The number of nitrogens with one attached hydrogen (secondary N) is 1. The summed E-state index contributed by atoms with van der Waals surface area (Å²) < 4.78 is 5.43. The second kappa shape index (κ2) is 6.17. The van der Waals surface area contributed by atoms with E-state index in [4.69, 9.17) is 9.68 Å². The number of rotatable bonds is 3. The van der Waals surface area contributed by atoms with Crippen molar-refractivity contribution in [1.29, 1.82) is 5.26 Å². The summed E-state index contributed by atoms with van der Waals surface area (Å²) >= 11 is 0. The highest BCUT2D eigenvalue weighted by molar-refractivity contribution is 6.01. The summed E-state index contributed by atoms with van der Waals surface area (Å²) in [7, 11) is 0. The Morgan fingerprint density at radius 1 is 1.08 bits per heavy atom. The van der Waals surface area contributed by atoms with Gasteiger partial charge in [0.05, 0.1) is 30.0 Å². The minimum atomic E-state index is -0.333. The van der Waals surface area contributed by atoms with Crippen molar-refractivity contribution in [3.05, 3.63) is 89.4 Å². The normalized spacial score (nSPS) is 16.0. The van der Waals surface area contributed by atoms with Crippen LogP contribution in [0.4, 0.5) is 5.69 Å². The highest BCUT2D eigenvalue weighted by Gasteiger charge is 2.33. The summed E-state index contributed by atoms with van der Waals surface area (Å²) in [6.45, 7) is 0.359. The van der Waals surface area contributed by atoms with Crippen LogP contribution in [0.5, 0.6) is 0 Å². The zero-order valence-corrected chi connectivity index (χ0v) is 13.3. The molecule has 1 amide bonds. The number of nitrogens with zero attached hydrogens (tertiary/aromatic N) is 2. The molecule has 2 heterocycles. The van der Waals surface area contributed by atoms with Crippen molar-refractivity contribution in [3.8, 4) is 6.07 Å². The maximum Gasteiger partial charge on any atom is 0.258 e. The molecule has 1 unspecified atom stereocenters. The van der Waals surface area contributed by atoms with Crippen LogP contribution in [0, 0.1) is 11.3 Å². The number of furan rings is 1. The third-order valence-corrected chi connectivity index (χ3v) is 4.28. The van der Waals surface area contributed by atoms with Gasteiger partial charge in [0.1, 0.15) is 11.9 Å². The van der Waals surface area contributed by atoms with Crippen LogP contribution in [0.3, 0.4) is 0 Å². The first-order valence-corrected chi connectivity index (χ1v) is 7.95. The predicted molar refractivity (Wildman–Crippen MR) is 92.5 cm³/mol. The van der Waals surface area contributed by atoms with E-state index in [0.29, 0.717) is 23.4 Å². The van der Waals surface area contributed by atoms with Crippen molar-refractivity contribution >= 4 is 11.6 Å². The molecule has 0 saturated heterocycles. The van der Waals surface area contributed by atoms with Crippen LogP contribution >= 0.6 is 0 Å². The lowest BCUT2D eigenvalue weighted by Crippen LogP contribution is -2.42. The molecule has 0 fully saturated rings. The molecule has 3 aromatic rings. The van der Waals surface area contributed by atoms with Crippen LogP contribution in [-0.2, 0) is 6.54 Å². The lowest BCUT2D eigenvalue weighted by molar-refractivity contribution is 0.0651. The van der Waals surface area contributed by atoms with Gasteiger partial charge in [0.15, 0.2) is 0 Å². The van der Waals surface area contributed by atoms with E-state index in [0.717, 1.165) is 11.3 Å². The maximum atomic E-state index is 13.0. The maximum absolute atomic E-state index is 13.0. The molecule has 0 saturated carbocycles. The Labute approximate surface area is 145 Å². The molecule has 4 rings (SSSR count). The van der Waals surface area contributed by atoms with Gasteiger partial charge in [-0.25, -0.2) is 0 Å². The van der Waals surface area contributed by atoms with E-state index in [1.54, 1.807) is 23.3 Å². The lowest BCUT2D eigenvalue weighted by atomic mass is 10.0. The van der Waals surface area contributed by atoms with Gasteiger partial charge in [-0.1, -0.05) is 24.3 Å². The molecular weight excluding hydrogens is 314 g/mol. The number of nitriles is 1. The molecule has 1 aliphatic heterocycles. The van der Waals surface area contributed by atoms with Gasteiger partial charge in [0.25, 0.3) is 5.91 Å². The van der Waals surface area contributed by atoms with E-state index < -0.39 is 0 Å². The Bertz CT molecular complexity index is 940. The Kier molecular flexibility index (Phi) is 3.71. The molecule has 5 nitrogen and oxygen atoms in total. The first kappa shape index (κ1) is 15.0. The van der Waals surface area contributed by atoms with E-state index in [-0.39, 0.29) is 12.1 Å². The number of hydrogen-bond acceptors (Lipinski definition) is 4. The van der Waals surface area contributed by atoms with Crippen molar-refractivity contribution in [2.75, 3.05) is 5.32 Å². The highest BCUT2D eigenvalue weighted by Crippen LogP contribution is 2.34. The first-order chi connectivity index (χ1) is 12.3. The van der Waals surface area contributed by atoms with Gasteiger partial charge >= 0.3 is 0 Å². The fourth-order valence-corrected chi connectivity index (χ4v) is 3.03. The average molecular weight is 329 g/mol. The minimum absolute atomic E-state index is 0.0555. The van der Waals surface area contributed by atoms with E-state index >= 15 is 0 Å². The summed E-state index contributed by atoms with van der Waals surface area (Å²) in [5.41, 5.74) is 2.94. The SMILES string of the molecule is N#Cc1ccc(C2Nc3ccccc3C(=O)N2Cc2ccco2)cc1. The summed E-state index contributed by atoms with van der Waals surface area (Å²) in [6, 6.07) is 20.5. The fourth-order valence-electron chi connectivity index (χ4n) is 3.03. The quantitative estimate of drug-likeness (QED) is 0.791. The summed E-state index contributed by atoms with van der Waals surface area (Å²) in [6.07, 6.45) is 1.27. The molecule has 0 radical (unpaired) electrons. The molecule has 2 aromatic carbocycles. The number of benzene rings is 2. The van der Waals surface area contributed by atoms with E-state index in [1.165, 1.54) is 0 Å². The molecule has 0 bridgehead atoms. The Morgan fingerprint density at radius 3 is 2.60 bits per heavy atom. The molecular formula is C20H15N3O2. The van der Waals surface area contributed by atoms with Crippen LogP contribution in [0.2, 0.25) is 0 Å². The van der Waals surface area contributed by atoms with Gasteiger partial charge in [0, 0.05) is 5.69 Å². The zero-order valence-electron chi connectivity index (χ0n) is 13.3. The van der Waals surface area contributed by atoms with Gasteiger partial charge in [0.2, 0.25) is 0 Å². The second-order valence-electron chi connectivity index (χ2n) is 5.84. The Balaban J connectivity index is 1.75. The number of fused-ring (bicyclic) bond motifs is 1. The molecule has 25 heavy (non-hydrogen) atoms. The molecule has 1 aromatic heterocycles. The van der Waals surface area contributed by atoms with Gasteiger partial charge in [-0.15, -0.1) is 0 Å². The number of anilines is 1. The van der Waals surface area contributed by atoms with Crippen molar-refractivity contribution in [2.45, 2.75) is 12.7 Å². The summed E-state index contributed by atoms with van der Waals surface area (Å²) in [5.74, 6) is 0.660. The van der Waals surface area contributed by atoms with Crippen LogP contribution < -0.4 is 5.32 Å². The highest BCUT2D eigenvalue weighted by atomic mass is 16.3. The van der Waals surface area contributed by atoms with Gasteiger partial charge in [-0.05, 0) is 42.0 Å². The third-order valence-electron chi connectivity index (χ3n) is 4.28. The molecule has 5 heteroatoms. The van der Waals surface area contributed by atoms with Crippen LogP contribution in [0.15, 0.2) is 71.3 Å². The van der Waals surface area contributed by atoms with Gasteiger partial charge < -0.3 is 14.6 Å². The van der Waals surface area contributed by atoms with Crippen molar-refractivity contribution in [1.82, 2.24) is 4.90 Å². The lowest BCUT2D eigenvalue weighted by Gasteiger charge is -2.37. The molecule has 122 valence electrons.